The maximum Gasteiger partial charge on any atom is 0.245 e. The number of sulfone groups is 1. The van der Waals surface area contributed by atoms with Gasteiger partial charge in [0.2, 0.25) is 5.91 Å². The normalized spacial score (nSPS) is 12.6. The minimum Gasteiger partial charge on any atom is -0.385 e. The second-order valence-corrected chi connectivity index (χ2v) is 12.8. The summed E-state index contributed by atoms with van der Waals surface area (Å²) in [5.74, 6) is -0.00277. The fourth-order valence-electron chi connectivity index (χ4n) is 4.05. The summed E-state index contributed by atoms with van der Waals surface area (Å²) in [5, 5.41) is 5.35. The van der Waals surface area contributed by atoms with Gasteiger partial charge in [-0.25, -0.2) is 13.4 Å². The molecule has 4 aromatic rings. The lowest BCUT2D eigenvalue weighted by atomic mass is 10.0. The Bertz CT molecular complexity index is 1570. The molecule has 0 fully saturated rings. The van der Waals surface area contributed by atoms with Crippen LogP contribution in [0.15, 0.2) is 53.1 Å². The quantitative estimate of drug-likeness (QED) is 0.185. The Kier molecular flexibility index (Phi) is 8.94. The van der Waals surface area contributed by atoms with E-state index in [1.807, 2.05) is 38.1 Å². The van der Waals surface area contributed by atoms with Crippen LogP contribution in [-0.4, -0.2) is 50.2 Å². The number of ketones is 1. The Balaban J connectivity index is 1.53. The number of nitrogens with one attached hydrogen (secondary N) is 1. The van der Waals surface area contributed by atoms with Gasteiger partial charge in [-0.1, -0.05) is 49.3 Å². The van der Waals surface area contributed by atoms with Crippen LogP contribution in [0.3, 0.4) is 0 Å². The Morgan fingerprint density at radius 2 is 1.79 bits per heavy atom. The van der Waals surface area contributed by atoms with Crippen LogP contribution >= 0.6 is 11.3 Å². The maximum atomic E-state index is 13.0. The van der Waals surface area contributed by atoms with Gasteiger partial charge in [0.15, 0.2) is 26.6 Å². The average Bonchev–Trinajstić information content (AvgIpc) is 3.53. The number of hydrogen-bond donors (Lipinski definition) is 1. The number of hydrogen-bond acceptors (Lipinski definition) is 9. The van der Waals surface area contributed by atoms with Crippen LogP contribution in [0, 0.1) is 0 Å². The van der Waals surface area contributed by atoms with Gasteiger partial charge in [-0.15, -0.1) is 11.3 Å². The third-order valence-electron chi connectivity index (χ3n) is 6.19. The molecule has 0 aliphatic heterocycles. The van der Waals surface area contributed by atoms with Crippen molar-refractivity contribution < 1.29 is 27.3 Å². The van der Waals surface area contributed by atoms with Crippen LogP contribution < -0.4 is 5.32 Å². The zero-order valence-corrected chi connectivity index (χ0v) is 23.9. The van der Waals surface area contributed by atoms with E-state index in [0.29, 0.717) is 36.3 Å². The molecule has 2 heterocycles. The van der Waals surface area contributed by atoms with Gasteiger partial charge in [-0.2, -0.15) is 0 Å². The maximum absolute atomic E-state index is 13.0. The molecule has 1 unspecified atom stereocenters. The topological polar surface area (TPSA) is 128 Å². The summed E-state index contributed by atoms with van der Waals surface area (Å²) < 4.78 is 36.3. The van der Waals surface area contributed by atoms with Crippen molar-refractivity contribution in [3.05, 3.63) is 70.6 Å². The Morgan fingerprint density at radius 1 is 1.08 bits per heavy atom. The first kappa shape index (κ1) is 28.6. The molecule has 0 saturated carbocycles. The van der Waals surface area contributed by atoms with Crippen molar-refractivity contribution in [1.29, 1.82) is 0 Å². The number of benzene rings is 2. The molecule has 0 spiro atoms. The fourth-order valence-corrected chi connectivity index (χ4v) is 6.59. The molecule has 39 heavy (non-hydrogen) atoms. The highest BCUT2D eigenvalue weighted by Crippen LogP contribution is 2.33. The van der Waals surface area contributed by atoms with Crippen molar-refractivity contribution in [3.8, 4) is 11.1 Å². The van der Waals surface area contributed by atoms with Crippen molar-refractivity contribution in [1.82, 2.24) is 15.5 Å². The number of carbonyl (C=O) groups excluding carboxylic acids is 2. The number of aromatic nitrogens is 2. The SMILES string of the molecule is COCCCC(=O)c1ccc(-c2ccc3nc(C(C(=O)NCc4cc(C(C)C)no4)S(C)(=O)=O)sc3c2)cc1. The van der Waals surface area contributed by atoms with E-state index in [-0.39, 0.29) is 23.3 Å². The third kappa shape index (κ3) is 6.97. The predicted octanol–water partition coefficient (Wildman–Crippen LogP) is 5.09. The fraction of sp³-hybridized carbons (Fsp3) is 0.357. The standard InChI is InChI=1S/C28H31N3O6S2/c1-17(2)23-15-21(37-31-23)16-29-27(33)26(39(4,34)35)28-30-22-12-11-20(14-25(22)38-28)18-7-9-19(10-8-18)24(32)6-5-13-36-3/h7-12,14-15,17,26H,5-6,13,16H2,1-4H3,(H,29,33). The summed E-state index contributed by atoms with van der Waals surface area (Å²) >= 11 is 1.17. The molecule has 4 rings (SSSR count). The van der Waals surface area contributed by atoms with Crippen LogP contribution in [0.5, 0.6) is 0 Å². The number of fused-ring (bicyclic) bond motifs is 1. The number of carbonyl (C=O) groups is 2. The van der Waals surface area contributed by atoms with Crippen LogP contribution in [-0.2, 0) is 25.9 Å². The summed E-state index contributed by atoms with van der Waals surface area (Å²) in [6.45, 7) is 4.51. The van der Waals surface area contributed by atoms with Gasteiger partial charge < -0.3 is 14.6 Å². The molecule has 0 bridgehead atoms. The first-order valence-electron chi connectivity index (χ1n) is 12.5. The molecule has 1 amide bonds. The van der Waals surface area contributed by atoms with Gasteiger partial charge in [0.1, 0.15) is 5.01 Å². The molecule has 11 heteroatoms. The summed E-state index contributed by atoms with van der Waals surface area (Å²) in [7, 11) is -2.20. The van der Waals surface area contributed by atoms with Crippen LogP contribution in [0.4, 0.5) is 0 Å². The zero-order chi connectivity index (χ0) is 28.2. The van der Waals surface area contributed by atoms with Crippen molar-refractivity contribution in [2.75, 3.05) is 20.0 Å². The van der Waals surface area contributed by atoms with Crippen LogP contribution in [0.25, 0.3) is 21.3 Å². The van der Waals surface area contributed by atoms with Crippen molar-refractivity contribution >= 4 is 43.1 Å². The average molecular weight is 570 g/mol. The highest BCUT2D eigenvalue weighted by molar-refractivity contribution is 7.91. The van der Waals surface area contributed by atoms with E-state index < -0.39 is 21.0 Å². The predicted molar refractivity (Wildman–Crippen MR) is 151 cm³/mol. The lowest BCUT2D eigenvalue weighted by Crippen LogP contribution is -2.33. The van der Waals surface area contributed by atoms with Gasteiger partial charge in [0.25, 0.3) is 0 Å². The smallest absolute Gasteiger partial charge is 0.245 e. The molecule has 0 aliphatic carbocycles. The Labute approximate surface area is 231 Å². The Hall–Kier alpha value is -3.41. The van der Waals surface area contributed by atoms with Gasteiger partial charge >= 0.3 is 0 Å². The molecule has 2 aromatic heterocycles. The minimum absolute atomic E-state index is 0.0183. The monoisotopic (exact) mass is 569 g/mol. The number of rotatable bonds is 12. The molecular formula is C28H31N3O6S2. The van der Waals surface area contributed by atoms with E-state index in [1.54, 1.807) is 31.4 Å². The molecule has 1 N–H and O–H groups in total. The molecule has 0 saturated heterocycles. The number of amides is 1. The summed E-state index contributed by atoms with van der Waals surface area (Å²) in [5.41, 5.74) is 3.79. The van der Waals surface area contributed by atoms with Crippen molar-refractivity contribution in [3.63, 3.8) is 0 Å². The van der Waals surface area contributed by atoms with Crippen LogP contribution in [0.1, 0.15) is 64.7 Å². The number of nitrogens with zero attached hydrogens (tertiary/aromatic N) is 2. The van der Waals surface area contributed by atoms with Gasteiger partial charge in [-0.3, -0.25) is 9.59 Å². The molecule has 1 atom stereocenters. The van der Waals surface area contributed by atoms with E-state index in [0.717, 1.165) is 27.8 Å². The molecular weight excluding hydrogens is 538 g/mol. The van der Waals surface area contributed by atoms with Crippen molar-refractivity contribution in [2.45, 2.75) is 44.4 Å². The van der Waals surface area contributed by atoms with E-state index in [2.05, 4.69) is 15.5 Å². The first-order valence-corrected chi connectivity index (χ1v) is 15.3. The summed E-state index contributed by atoms with van der Waals surface area (Å²) in [4.78, 5) is 29.8. The van der Waals surface area contributed by atoms with E-state index >= 15 is 0 Å². The van der Waals surface area contributed by atoms with E-state index in [4.69, 9.17) is 9.26 Å². The highest BCUT2D eigenvalue weighted by atomic mass is 32.2. The molecule has 206 valence electrons. The summed E-state index contributed by atoms with van der Waals surface area (Å²) in [6, 6.07) is 14.7. The number of Topliss-reactive ketones (excluding diaryl/α,β-unsaturated/α-hetero) is 1. The number of thiazole rings is 1. The molecule has 9 nitrogen and oxygen atoms in total. The van der Waals surface area contributed by atoms with Gasteiger partial charge in [0.05, 0.1) is 22.5 Å². The molecule has 0 aliphatic rings. The third-order valence-corrected chi connectivity index (χ3v) is 8.72. The second kappa shape index (κ2) is 12.2. The second-order valence-electron chi connectivity index (χ2n) is 9.63. The minimum atomic E-state index is -3.81. The van der Waals surface area contributed by atoms with Crippen LogP contribution in [0.2, 0.25) is 0 Å². The Morgan fingerprint density at radius 3 is 2.44 bits per heavy atom. The van der Waals surface area contributed by atoms with E-state index in [9.17, 15) is 18.0 Å². The molecule has 0 radical (unpaired) electrons. The first-order chi connectivity index (χ1) is 18.6. The molecule has 2 aromatic carbocycles. The number of ether oxygens (including phenoxy) is 1. The summed E-state index contributed by atoms with van der Waals surface area (Å²) in [6.07, 6.45) is 2.13. The number of methoxy groups -OCH3 is 1. The van der Waals surface area contributed by atoms with E-state index in [1.165, 1.54) is 11.3 Å². The zero-order valence-electron chi connectivity index (χ0n) is 22.3. The largest absolute Gasteiger partial charge is 0.385 e. The van der Waals surface area contributed by atoms with Crippen molar-refractivity contribution in [2.24, 2.45) is 0 Å². The van der Waals surface area contributed by atoms with Gasteiger partial charge in [-0.05, 0) is 35.6 Å². The highest BCUT2D eigenvalue weighted by Gasteiger charge is 2.34. The lowest BCUT2D eigenvalue weighted by Gasteiger charge is -2.12. The van der Waals surface area contributed by atoms with Gasteiger partial charge in [0, 0.05) is 38.0 Å². The lowest BCUT2D eigenvalue weighted by molar-refractivity contribution is -0.121.